The summed E-state index contributed by atoms with van der Waals surface area (Å²) >= 11 is 0. The van der Waals surface area contributed by atoms with Crippen molar-refractivity contribution in [3.63, 3.8) is 0 Å². The summed E-state index contributed by atoms with van der Waals surface area (Å²) in [5.41, 5.74) is 6.86. The molecule has 6 nitrogen and oxygen atoms in total. The van der Waals surface area contributed by atoms with Gasteiger partial charge in [-0.05, 0) is 44.2 Å². The molecular weight excluding hydrogens is 270 g/mol. The van der Waals surface area contributed by atoms with Crippen molar-refractivity contribution in [1.29, 1.82) is 0 Å². The molecule has 0 atom stereocenters. The van der Waals surface area contributed by atoms with Crippen LogP contribution in [-0.4, -0.2) is 30.2 Å². The van der Waals surface area contributed by atoms with Gasteiger partial charge >= 0.3 is 0 Å². The van der Waals surface area contributed by atoms with Crippen molar-refractivity contribution < 1.29 is 9.66 Å². The van der Waals surface area contributed by atoms with Crippen LogP contribution in [0, 0.1) is 10.1 Å². The van der Waals surface area contributed by atoms with Crippen LogP contribution in [0.3, 0.4) is 0 Å². The lowest BCUT2D eigenvalue weighted by Gasteiger charge is -2.26. The minimum absolute atomic E-state index is 0.111. The van der Waals surface area contributed by atoms with E-state index >= 15 is 0 Å². The first-order valence-corrected chi connectivity index (χ1v) is 7.50. The van der Waals surface area contributed by atoms with E-state index in [0.717, 1.165) is 50.9 Å². The molecular formula is C15H23N3O3. The molecule has 0 aliphatic heterocycles. The Hall–Kier alpha value is -1.66. The third-order valence-corrected chi connectivity index (χ3v) is 3.80. The first kappa shape index (κ1) is 15.7. The van der Waals surface area contributed by atoms with Crippen LogP contribution in [0.15, 0.2) is 24.3 Å². The molecule has 1 aromatic rings. The van der Waals surface area contributed by atoms with Crippen molar-refractivity contribution in [3.05, 3.63) is 34.4 Å². The Morgan fingerprint density at radius 2 is 1.90 bits per heavy atom. The zero-order valence-corrected chi connectivity index (χ0v) is 12.2. The van der Waals surface area contributed by atoms with E-state index in [-0.39, 0.29) is 5.69 Å². The zero-order valence-electron chi connectivity index (χ0n) is 12.2. The van der Waals surface area contributed by atoms with Gasteiger partial charge in [-0.3, -0.25) is 10.1 Å². The summed E-state index contributed by atoms with van der Waals surface area (Å²) in [6.45, 7) is 1.53. The molecule has 1 aliphatic carbocycles. The highest BCUT2D eigenvalue weighted by atomic mass is 16.6. The monoisotopic (exact) mass is 293 g/mol. The number of hydrogen-bond acceptors (Lipinski definition) is 5. The summed E-state index contributed by atoms with van der Waals surface area (Å²) in [5, 5.41) is 13.8. The topological polar surface area (TPSA) is 90.4 Å². The molecule has 116 valence electrons. The first-order chi connectivity index (χ1) is 10.1. The lowest BCUT2D eigenvalue weighted by Crippen LogP contribution is -2.30. The van der Waals surface area contributed by atoms with Gasteiger partial charge in [0.25, 0.3) is 5.69 Å². The number of hydrogen-bond donors (Lipinski definition) is 2. The van der Waals surface area contributed by atoms with Crippen molar-refractivity contribution in [2.24, 2.45) is 5.73 Å². The van der Waals surface area contributed by atoms with Crippen LogP contribution in [0.4, 0.5) is 11.4 Å². The Morgan fingerprint density at radius 3 is 2.52 bits per heavy atom. The normalized spacial score (nSPS) is 22.0. The minimum atomic E-state index is -0.395. The maximum atomic E-state index is 10.5. The maximum absolute atomic E-state index is 10.5. The zero-order chi connectivity index (χ0) is 15.1. The van der Waals surface area contributed by atoms with E-state index in [2.05, 4.69) is 5.32 Å². The average molecular weight is 293 g/mol. The molecule has 1 aromatic carbocycles. The van der Waals surface area contributed by atoms with Crippen molar-refractivity contribution in [2.45, 2.75) is 44.2 Å². The maximum Gasteiger partial charge on any atom is 0.269 e. The van der Waals surface area contributed by atoms with Crippen LogP contribution in [0.2, 0.25) is 0 Å². The standard InChI is InChI=1S/C15H23N3O3/c16-12-2-8-15(9-3-12)21-11-1-10-17-13-4-6-14(7-5-13)18(19)20/h4-7,12,15,17H,1-3,8-11,16H2. The quantitative estimate of drug-likeness (QED) is 0.458. The molecule has 1 fully saturated rings. The van der Waals surface area contributed by atoms with Gasteiger partial charge in [-0.1, -0.05) is 0 Å². The van der Waals surface area contributed by atoms with Gasteiger partial charge in [0.05, 0.1) is 11.0 Å². The number of nitro groups is 1. The summed E-state index contributed by atoms with van der Waals surface area (Å²) < 4.78 is 5.83. The van der Waals surface area contributed by atoms with Gasteiger partial charge < -0.3 is 15.8 Å². The molecule has 3 N–H and O–H groups in total. The molecule has 2 rings (SSSR count). The Morgan fingerprint density at radius 1 is 1.24 bits per heavy atom. The summed E-state index contributed by atoms with van der Waals surface area (Å²) in [6.07, 6.45) is 5.54. The van der Waals surface area contributed by atoms with Crippen LogP contribution in [0.1, 0.15) is 32.1 Å². The summed E-state index contributed by atoms with van der Waals surface area (Å²) in [4.78, 5) is 10.1. The van der Waals surface area contributed by atoms with Gasteiger partial charge in [-0.2, -0.15) is 0 Å². The second-order valence-corrected chi connectivity index (χ2v) is 5.49. The molecule has 1 aliphatic rings. The smallest absolute Gasteiger partial charge is 0.269 e. The molecule has 0 radical (unpaired) electrons. The summed E-state index contributed by atoms with van der Waals surface area (Å²) in [6, 6.07) is 6.81. The number of nitrogens with zero attached hydrogens (tertiary/aromatic N) is 1. The van der Waals surface area contributed by atoms with Crippen molar-refractivity contribution >= 4 is 11.4 Å². The third-order valence-electron chi connectivity index (χ3n) is 3.80. The number of anilines is 1. The fraction of sp³-hybridized carbons (Fsp3) is 0.600. The predicted molar refractivity (Wildman–Crippen MR) is 82.4 cm³/mol. The fourth-order valence-electron chi connectivity index (χ4n) is 2.51. The number of non-ortho nitro benzene ring substituents is 1. The van der Waals surface area contributed by atoms with Crippen LogP contribution in [-0.2, 0) is 4.74 Å². The molecule has 0 unspecified atom stereocenters. The lowest BCUT2D eigenvalue weighted by molar-refractivity contribution is -0.384. The van der Waals surface area contributed by atoms with Crippen molar-refractivity contribution in [3.8, 4) is 0 Å². The van der Waals surface area contributed by atoms with E-state index in [1.54, 1.807) is 12.1 Å². The highest BCUT2D eigenvalue weighted by molar-refractivity contribution is 5.48. The summed E-state index contributed by atoms with van der Waals surface area (Å²) in [7, 11) is 0. The molecule has 0 bridgehead atoms. The number of nitro benzene ring substituents is 1. The predicted octanol–water partition coefficient (Wildman–Crippen LogP) is 2.68. The molecule has 0 saturated heterocycles. The Labute approximate surface area is 124 Å². The Kier molecular flexibility index (Phi) is 5.95. The SMILES string of the molecule is NC1CCC(OCCCNc2ccc([N+](=O)[O-])cc2)CC1. The molecule has 0 heterocycles. The molecule has 21 heavy (non-hydrogen) atoms. The van der Waals surface area contributed by atoms with Crippen LogP contribution in [0.5, 0.6) is 0 Å². The van der Waals surface area contributed by atoms with Gasteiger partial charge in [0.2, 0.25) is 0 Å². The Balaban J connectivity index is 1.58. The van der Waals surface area contributed by atoms with Gasteiger partial charge in [0.1, 0.15) is 0 Å². The van der Waals surface area contributed by atoms with Crippen LogP contribution >= 0.6 is 0 Å². The third kappa shape index (κ3) is 5.32. The van der Waals surface area contributed by atoms with Gasteiger partial charge in [0.15, 0.2) is 0 Å². The van der Waals surface area contributed by atoms with E-state index in [0.29, 0.717) is 12.1 Å². The fourth-order valence-corrected chi connectivity index (χ4v) is 2.51. The average Bonchev–Trinajstić information content (AvgIpc) is 2.49. The number of ether oxygens (including phenoxy) is 1. The minimum Gasteiger partial charge on any atom is -0.385 e. The van der Waals surface area contributed by atoms with E-state index in [1.807, 2.05) is 0 Å². The van der Waals surface area contributed by atoms with Gasteiger partial charge in [0, 0.05) is 37.0 Å². The highest BCUT2D eigenvalue weighted by Gasteiger charge is 2.18. The first-order valence-electron chi connectivity index (χ1n) is 7.50. The van der Waals surface area contributed by atoms with Gasteiger partial charge in [-0.15, -0.1) is 0 Å². The largest absolute Gasteiger partial charge is 0.385 e. The van der Waals surface area contributed by atoms with E-state index in [9.17, 15) is 10.1 Å². The molecule has 0 spiro atoms. The number of nitrogens with two attached hydrogens (primary N) is 1. The van der Waals surface area contributed by atoms with E-state index in [4.69, 9.17) is 10.5 Å². The molecule has 0 aromatic heterocycles. The molecule has 1 saturated carbocycles. The number of rotatable bonds is 7. The summed E-state index contributed by atoms with van der Waals surface area (Å²) in [5.74, 6) is 0. The Bertz CT molecular complexity index is 442. The van der Waals surface area contributed by atoms with Crippen molar-refractivity contribution in [2.75, 3.05) is 18.5 Å². The van der Waals surface area contributed by atoms with Gasteiger partial charge in [-0.25, -0.2) is 0 Å². The van der Waals surface area contributed by atoms with E-state index in [1.165, 1.54) is 12.1 Å². The van der Waals surface area contributed by atoms with Crippen molar-refractivity contribution in [1.82, 2.24) is 0 Å². The van der Waals surface area contributed by atoms with Crippen LogP contribution in [0.25, 0.3) is 0 Å². The number of benzene rings is 1. The van der Waals surface area contributed by atoms with Crippen LogP contribution < -0.4 is 11.1 Å². The molecule has 0 amide bonds. The number of nitrogens with one attached hydrogen (secondary N) is 1. The second kappa shape index (κ2) is 7.95. The van der Waals surface area contributed by atoms with E-state index < -0.39 is 4.92 Å². The lowest BCUT2D eigenvalue weighted by atomic mass is 9.94. The highest BCUT2D eigenvalue weighted by Crippen LogP contribution is 2.20. The molecule has 6 heteroatoms. The second-order valence-electron chi connectivity index (χ2n) is 5.49.